The minimum atomic E-state index is -1.60. The molecule has 0 aromatic heterocycles. The van der Waals surface area contributed by atoms with Crippen LogP contribution in [-0.4, -0.2) is 6.71 Å². The third-order valence-corrected chi connectivity index (χ3v) is 7.87. The summed E-state index contributed by atoms with van der Waals surface area (Å²) in [7, 11) is 0. The zero-order valence-corrected chi connectivity index (χ0v) is 22.1. The molecule has 1 fully saturated rings. The molecule has 0 spiro atoms. The summed E-state index contributed by atoms with van der Waals surface area (Å²) in [5, 5.41) is 0. The van der Waals surface area contributed by atoms with Crippen molar-refractivity contribution < 1.29 is 36.3 Å². The predicted molar refractivity (Wildman–Crippen MR) is 180 cm³/mol. The predicted octanol–water partition coefficient (Wildman–Crippen LogP) is 8.69. The molecule has 0 atom stereocenters. The molecule has 0 unspecified atom stereocenters. The summed E-state index contributed by atoms with van der Waals surface area (Å²) in [6.07, 6.45) is 1.90. The number of hydrogen-bond acceptors (Lipinski definition) is 2. The zero-order chi connectivity index (χ0) is 48.3. The van der Waals surface area contributed by atoms with Crippen LogP contribution >= 0.6 is 0 Å². The number of hydrogen-bond donors (Lipinski definition) is 0. The third kappa shape index (κ3) is 3.95. The molecule has 1 aliphatic carbocycles. The van der Waals surface area contributed by atoms with Crippen LogP contribution in [0, 0.1) is 0 Å². The average Bonchev–Trinajstić information content (AvgIpc) is 3.27. The van der Waals surface area contributed by atoms with Gasteiger partial charge in [0.15, 0.2) is 0 Å². The van der Waals surface area contributed by atoms with Crippen LogP contribution in [0.1, 0.15) is 62.3 Å². The van der Waals surface area contributed by atoms with Crippen LogP contribution in [0.2, 0.25) is 0 Å². The van der Waals surface area contributed by atoms with E-state index in [1.165, 1.54) is 0 Å². The van der Waals surface area contributed by atoms with Gasteiger partial charge in [0.2, 0.25) is 0 Å². The largest absolute Gasteiger partial charge is 0.458 e. The monoisotopic (exact) mass is 574 g/mol. The number of nitrogens with zero attached hydrogens (tertiary/aromatic N) is 1. The Labute approximate surface area is 285 Å². The van der Waals surface area contributed by atoms with Crippen molar-refractivity contribution in [2.24, 2.45) is 0 Å². The van der Waals surface area contributed by atoms with Crippen LogP contribution in [0.25, 0.3) is 22.3 Å². The van der Waals surface area contributed by atoms with Crippen molar-refractivity contribution in [2.75, 3.05) is 4.90 Å². The highest BCUT2D eigenvalue weighted by Gasteiger charge is 2.42. The Balaban J connectivity index is 1.54. The number of benzene rings is 6. The fourth-order valence-corrected chi connectivity index (χ4v) is 5.66. The van der Waals surface area contributed by atoms with Gasteiger partial charge in [-0.3, -0.25) is 0 Å². The average molecular weight is 575 g/mol. The van der Waals surface area contributed by atoms with E-state index in [4.69, 9.17) is 26.7 Å². The Morgan fingerprint density at radius 1 is 0.581 bits per heavy atom. The van der Waals surface area contributed by atoms with E-state index in [1.54, 1.807) is 0 Å². The summed E-state index contributed by atoms with van der Waals surface area (Å²) in [6.45, 7) is -1.60. The molecular formula is C40H30BNO. The summed E-state index contributed by atoms with van der Waals surface area (Å²) in [6, 6.07) is -19.4. The minimum Gasteiger partial charge on any atom is -0.458 e. The van der Waals surface area contributed by atoms with Crippen molar-refractivity contribution in [1.82, 2.24) is 0 Å². The van der Waals surface area contributed by atoms with Crippen LogP contribution in [0.15, 0.2) is 139 Å². The molecule has 2 heterocycles. The van der Waals surface area contributed by atoms with Crippen LogP contribution in [0.5, 0.6) is 11.5 Å². The van der Waals surface area contributed by atoms with Crippen molar-refractivity contribution >= 4 is 40.2 Å². The van der Waals surface area contributed by atoms with E-state index >= 15 is 0 Å². The molecule has 2 aliphatic heterocycles. The molecule has 0 saturated heterocycles. The Kier molecular flexibility index (Phi) is 2.48. The van der Waals surface area contributed by atoms with E-state index in [0.29, 0.717) is 12.8 Å². The minimum absolute atomic E-state index is 0.160. The molecule has 43 heavy (non-hydrogen) atoms. The van der Waals surface area contributed by atoms with Gasteiger partial charge in [0, 0.05) is 17.1 Å². The quantitative estimate of drug-likeness (QED) is 0.195. The summed E-state index contributed by atoms with van der Waals surface area (Å²) < 4.78 is 213. The van der Waals surface area contributed by atoms with Crippen LogP contribution < -0.4 is 26.0 Å². The highest BCUT2D eigenvalue weighted by molar-refractivity contribution is 6.99. The molecule has 6 aromatic rings. The lowest BCUT2D eigenvalue weighted by atomic mass is 9.34. The Morgan fingerprint density at radius 3 is 1.95 bits per heavy atom. The Hall–Kier alpha value is -5.02. The van der Waals surface area contributed by atoms with Crippen molar-refractivity contribution in [3.05, 3.63) is 145 Å². The normalized spacial score (nSPS) is 22.2. The Bertz CT molecular complexity index is 3100. The molecule has 3 aliphatic rings. The molecular weight excluding hydrogens is 521 g/mol. The second-order valence-electron chi connectivity index (χ2n) is 10.2. The van der Waals surface area contributed by atoms with Crippen molar-refractivity contribution in [1.29, 1.82) is 0 Å². The first-order valence-electron chi connectivity index (χ1n) is 25.1. The van der Waals surface area contributed by atoms with Crippen molar-refractivity contribution in [2.45, 2.75) is 25.2 Å². The Morgan fingerprint density at radius 2 is 1.26 bits per heavy atom. The lowest BCUT2D eigenvalue weighted by Gasteiger charge is -2.40. The molecule has 0 bridgehead atoms. The fraction of sp³-hybridized carbons (Fsp3) is 0.100. The summed E-state index contributed by atoms with van der Waals surface area (Å²) >= 11 is 0. The lowest BCUT2D eigenvalue weighted by molar-refractivity contribution is 0.419. The maximum Gasteiger partial charge on any atom is 0.256 e. The van der Waals surface area contributed by atoms with Gasteiger partial charge in [0.1, 0.15) is 11.5 Å². The standard InChI is InChI=1S/C40H30BNO/c1-3-11-28(12-4-1)31-23-32(29-13-5-2-6-14-29)25-33(24-31)42-36-18-8-7-17-34(36)41-35-26-30(27-15-9-16-27)21-22-38(35)43-39-20-10-19-37(42)40(39)41/h1-8,10-14,17-27H,9,15-16H2/i1D,2D,3D,4D,5D,6D,7D,8D,10D,11D,12D,13D,14D,17D,18D,19D,20D,21D,22D,23D,24D,25D,26D. The highest BCUT2D eigenvalue weighted by Crippen LogP contribution is 2.44. The number of anilines is 3. The third-order valence-electron chi connectivity index (χ3n) is 7.87. The van der Waals surface area contributed by atoms with E-state index in [9.17, 15) is 9.60 Å². The zero-order valence-electron chi connectivity index (χ0n) is 45.1. The molecule has 0 N–H and O–H groups in total. The van der Waals surface area contributed by atoms with Crippen LogP contribution in [0.4, 0.5) is 17.1 Å². The van der Waals surface area contributed by atoms with E-state index in [1.807, 2.05) is 0 Å². The smallest absolute Gasteiger partial charge is 0.256 e. The number of para-hydroxylation sites is 1. The number of fused-ring (bicyclic) bond motifs is 4. The van der Waals surface area contributed by atoms with Gasteiger partial charge >= 0.3 is 0 Å². The lowest BCUT2D eigenvalue weighted by Crippen LogP contribution is -2.59. The molecule has 204 valence electrons. The summed E-state index contributed by atoms with van der Waals surface area (Å²) in [5.74, 6) is -1.29. The molecule has 0 amide bonds. The molecule has 2 nitrogen and oxygen atoms in total. The van der Waals surface area contributed by atoms with Gasteiger partial charge in [-0.15, -0.1) is 0 Å². The maximum absolute atomic E-state index is 9.85. The first-order chi connectivity index (χ1) is 30.9. The van der Waals surface area contributed by atoms with Gasteiger partial charge < -0.3 is 9.64 Å². The van der Waals surface area contributed by atoms with E-state index in [0.717, 1.165) is 11.3 Å². The van der Waals surface area contributed by atoms with Gasteiger partial charge in [-0.25, -0.2) is 0 Å². The van der Waals surface area contributed by atoms with Crippen molar-refractivity contribution in [3.63, 3.8) is 0 Å². The second-order valence-corrected chi connectivity index (χ2v) is 10.2. The molecule has 0 radical (unpaired) electrons. The van der Waals surface area contributed by atoms with Crippen molar-refractivity contribution in [3.8, 4) is 33.8 Å². The van der Waals surface area contributed by atoms with Gasteiger partial charge in [-0.05, 0) is 105 Å². The number of rotatable bonds is 4. The maximum atomic E-state index is 9.85. The van der Waals surface area contributed by atoms with Crippen LogP contribution in [-0.2, 0) is 0 Å². The first kappa shape index (κ1) is 10.9. The highest BCUT2D eigenvalue weighted by atomic mass is 16.5. The molecule has 3 heteroatoms. The summed E-state index contributed by atoms with van der Waals surface area (Å²) in [5.41, 5.74) is -6.06. The van der Waals surface area contributed by atoms with Gasteiger partial charge in [-0.1, -0.05) is 103 Å². The molecule has 9 rings (SSSR count). The summed E-state index contributed by atoms with van der Waals surface area (Å²) in [4.78, 5) is 0.787. The van der Waals surface area contributed by atoms with Gasteiger partial charge in [0.05, 0.1) is 31.5 Å². The van der Waals surface area contributed by atoms with E-state index in [2.05, 4.69) is 0 Å². The van der Waals surface area contributed by atoms with Gasteiger partial charge in [0.25, 0.3) is 6.71 Å². The van der Waals surface area contributed by atoms with E-state index < -0.39 is 190 Å². The molecule has 6 aromatic carbocycles. The van der Waals surface area contributed by atoms with Crippen LogP contribution in [0.3, 0.4) is 0 Å². The SMILES string of the molecule is [2H]c1c([2H])c([2H])c(-c2c([2H])c(-c3c([2H])c([2H])c([2H])c([2H])c3[2H])c([2H])c(N3c4c([2H])c([2H])c([2H])c([2H])c4B4c5c([2H])c(C6CCC6)c([2H])c([2H])c5Oc5c([2H])c([2H])c([2H])c3c54)c2[2H])c([2H])c1[2H]. The topological polar surface area (TPSA) is 12.5 Å². The van der Waals surface area contributed by atoms with Gasteiger partial charge in [-0.2, -0.15) is 0 Å². The molecule has 1 saturated carbocycles. The first-order valence-corrected chi connectivity index (χ1v) is 13.6. The second kappa shape index (κ2) is 9.78. The fourth-order valence-electron chi connectivity index (χ4n) is 5.66. The van der Waals surface area contributed by atoms with E-state index in [-0.39, 0.29) is 34.5 Å². The number of ether oxygens (including phenoxy) is 1.